The predicted octanol–water partition coefficient (Wildman–Crippen LogP) is 6.61. The van der Waals surface area contributed by atoms with Crippen LogP contribution in [0.2, 0.25) is 12.6 Å². The van der Waals surface area contributed by atoms with Crippen LogP contribution in [-0.2, 0) is 18.4 Å². The summed E-state index contributed by atoms with van der Waals surface area (Å²) in [7, 11) is 3.21. The molecule has 7 nitrogen and oxygen atoms in total. The minimum atomic E-state index is -1.97. The molecule has 1 aromatic heterocycles. The van der Waals surface area contributed by atoms with Gasteiger partial charge in [-0.05, 0) is 98.8 Å². The van der Waals surface area contributed by atoms with Crippen LogP contribution in [-0.4, -0.2) is 76.4 Å². The van der Waals surface area contributed by atoms with Crippen LogP contribution in [0.5, 0.6) is 5.75 Å². The molecule has 0 aliphatic carbocycles. The standard InChI is InChI=1S/C31H48N2O5SSi/c1-6-23-22-33-16-14-24(23)20-29(33)31(26-13-15-32-28-12-11-25(35-2)21-27(26)28)38-30(34)10-7-8-17-39-18-9-19-40(5,36-3)37-4/h11-13,15,21,23-24,29,31H,6-10,14,16-20,22H2,1-5H3/t23?,24?,29-,31?/m0/s1. The van der Waals surface area contributed by atoms with Gasteiger partial charge in [0.05, 0.1) is 18.7 Å². The highest BCUT2D eigenvalue weighted by atomic mass is 32.2. The van der Waals surface area contributed by atoms with E-state index in [0.29, 0.717) is 12.3 Å². The summed E-state index contributed by atoms with van der Waals surface area (Å²) in [4.78, 5) is 20.4. The molecule has 3 fully saturated rings. The largest absolute Gasteiger partial charge is 0.497 e. The first-order valence-electron chi connectivity index (χ1n) is 15.0. The Morgan fingerprint density at radius 3 is 2.65 bits per heavy atom. The number of nitrogens with zero attached hydrogens (tertiary/aromatic N) is 2. The lowest BCUT2D eigenvalue weighted by atomic mass is 9.72. The smallest absolute Gasteiger partial charge is 0.334 e. The lowest BCUT2D eigenvalue weighted by molar-refractivity contribution is -0.158. The number of aromatic nitrogens is 1. The minimum absolute atomic E-state index is 0.0977. The van der Waals surface area contributed by atoms with E-state index in [2.05, 4.69) is 23.4 Å². The summed E-state index contributed by atoms with van der Waals surface area (Å²) in [5.41, 5.74) is 1.94. The Hall–Kier alpha value is -1.65. The molecule has 1 aromatic carbocycles. The van der Waals surface area contributed by atoms with Gasteiger partial charge in [0.1, 0.15) is 11.9 Å². The van der Waals surface area contributed by atoms with Crippen molar-refractivity contribution in [1.29, 1.82) is 0 Å². The number of ether oxygens (including phenoxy) is 2. The average molecular weight is 589 g/mol. The number of pyridine rings is 1. The molecule has 3 saturated heterocycles. The number of benzene rings is 1. The molecule has 0 amide bonds. The summed E-state index contributed by atoms with van der Waals surface area (Å²) < 4.78 is 23.1. The van der Waals surface area contributed by atoms with Gasteiger partial charge in [0.2, 0.25) is 0 Å². The Bertz CT molecular complexity index is 1100. The van der Waals surface area contributed by atoms with E-state index in [1.807, 2.05) is 42.2 Å². The zero-order valence-corrected chi connectivity index (χ0v) is 26.8. The van der Waals surface area contributed by atoms with Gasteiger partial charge in [-0.2, -0.15) is 11.8 Å². The van der Waals surface area contributed by atoms with Gasteiger partial charge in [-0.1, -0.05) is 13.3 Å². The lowest BCUT2D eigenvalue weighted by Gasteiger charge is -2.51. The van der Waals surface area contributed by atoms with Gasteiger partial charge in [0.15, 0.2) is 0 Å². The molecule has 3 aliphatic rings. The fourth-order valence-corrected chi connectivity index (χ4v) is 9.00. The van der Waals surface area contributed by atoms with Crippen molar-refractivity contribution in [2.45, 2.75) is 76.6 Å². The average Bonchev–Trinajstić information content (AvgIpc) is 3.00. The SMILES string of the molecule is CCC1CN2CCC1C[C@H]2C(OC(=O)CCCCSCCC[Si](C)(OC)OC)c1ccnc2ccc(OC)cc12. The lowest BCUT2D eigenvalue weighted by Crippen LogP contribution is -2.55. The Labute approximate surface area is 245 Å². The number of thioether (sulfide) groups is 1. The number of hydrogen-bond donors (Lipinski definition) is 0. The summed E-state index contributed by atoms with van der Waals surface area (Å²) in [5, 5.41) is 1.01. The van der Waals surface area contributed by atoms with Crippen LogP contribution in [0.3, 0.4) is 0 Å². The zero-order valence-electron chi connectivity index (χ0n) is 25.0. The topological polar surface area (TPSA) is 70.1 Å². The highest BCUT2D eigenvalue weighted by Gasteiger charge is 2.44. The van der Waals surface area contributed by atoms with Crippen molar-refractivity contribution in [3.05, 3.63) is 36.0 Å². The van der Waals surface area contributed by atoms with Crippen LogP contribution >= 0.6 is 11.8 Å². The fourth-order valence-electron chi connectivity index (χ4n) is 6.39. The third-order valence-corrected chi connectivity index (χ3v) is 13.2. The van der Waals surface area contributed by atoms with Gasteiger partial charge in [-0.3, -0.25) is 14.7 Å². The zero-order chi connectivity index (χ0) is 28.5. The van der Waals surface area contributed by atoms with Crippen molar-refractivity contribution in [3.63, 3.8) is 0 Å². The van der Waals surface area contributed by atoms with Crippen molar-refractivity contribution < 1.29 is 23.1 Å². The summed E-state index contributed by atoms with van der Waals surface area (Å²) >= 11 is 1.95. The molecule has 0 saturated carbocycles. The van der Waals surface area contributed by atoms with Crippen LogP contribution in [0, 0.1) is 11.8 Å². The van der Waals surface area contributed by atoms with E-state index < -0.39 is 8.56 Å². The first kappa shape index (κ1) is 31.3. The number of esters is 1. The van der Waals surface area contributed by atoms with Crippen molar-refractivity contribution in [2.75, 3.05) is 45.9 Å². The van der Waals surface area contributed by atoms with Gasteiger partial charge in [-0.15, -0.1) is 0 Å². The van der Waals surface area contributed by atoms with Crippen LogP contribution < -0.4 is 4.74 Å². The van der Waals surface area contributed by atoms with Gasteiger partial charge < -0.3 is 18.3 Å². The Morgan fingerprint density at radius 2 is 1.95 bits per heavy atom. The molecular weight excluding hydrogens is 541 g/mol. The third kappa shape index (κ3) is 7.79. The second kappa shape index (κ2) is 15.0. The molecule has 4 heterocycles. The van der Waals surface area contributed by atoms with Crippen molar-refractivity contribution in [1.82, 2.24) is 9.88 Å². The molecule has 5 atom stereocenters. The van der Waals surface area contributed by atoms with Crippen LogP contribution in [0.15, 0.2) is 30.5 Å². The van der Waals surface area contributed by atoms with Gasteiger partial charge in [-0.25, -0.2) is 0 Å². The van der Waals surface area contributed by atoms with E-state index in [9.17, 15) is 4.79 Å². The molecule has 2 bridgehead atoms. The second-order valence-electron chi connectivity index (χ2n) is 11.4. The van der Waals surface area contributed by atoms with Crippen molar-refractivity contribution in [2.24, 2.45) is 11.8 Å². The quantitative estimate of drug-likeness (QED) is 0.123. The maximum atomic E-state index is 13.3. The molecule has 222 valence electrons. The number of fused-ring (bicyclic) bond motifs is 4. The summed E-state index contributed by atoms with van der Waals surface area (Å²) in [6, 6.07) is 9.21. The summed E-state index contributed by atoms with van der Waals surface area (Å²) in [6.07, 6.45) is 8.49. The van der Waals surface area contributed by atoms with Crippen molar-refractivity contribution in [3.8, 4) is 5.75 Å². The highest BCUT2D eigenvalue weighted by molar-refractivity contribution is 7.99. The fraction of sp³-hybridized carbons (Fsp3) is 0.677. The van der Waals surface area contributed by atoms with E-state index in [-0.39, 0.29) is 18.1 Å². The molecule has 5 rings (SSSR count). The minimum Gasteiger partial charge on any atom is -0.497 e. The molecule has 0 radical (unpaired) electrons. The van der Waals surface area contributed by atoms with E-state index in [4.69, 9.17) is 18.3 Å². The normalized spacial score (nSPS) is 23.3. The number of carbonyl (C=O) groups is 1. The highest BCUT2D eigenvalue weighted by Crippen LogP contribution is 2.44. The molecule has 4 unspecified atom stereocenters. The van der Waals surface area contributed by atoms with E-state index in [1.165, 1.54) is 12.8 Å². The molecule has 0 N–H and O–H groups in total. The second-order valence-corrected chi connectivity index (χ2v) is 16.2. The predicted molar refractivity (Wildman–Crippen MR) is 165 cm³/mol. The van der Waals surface area contributed by atoms with Crippen molar-refractivity contribution >= 4 is 37.2 Å². The maximum Gasteiger partial charge on any atom is 0.334 e. The Balaban J connectivity index is 1.37. The molecule has 9 heteroatoms. The number of piperidine rings is 3. The summed E-state index contributed by atoms with van der Waals surface area (Å²) in [6.45, 7) is 6.59. The molecule has 2 aromatic rings. The molecule has 0 spiro atoms. The number of hydrogen-bond acceptors (Lipinski definition) is 8. The first-order valence-corrected chi connectivity index (χ1v) is 18.6. The van der Waals surface area contributed by atoms with E-state index >= 15 is 0 Å². The van der Waals surface area contributed by atoms with E-state index in [1.54, 1.807) is 21.3 Å². The third-order valence-electron chi connectivity index (χ3n) is 9.06. The molecule has 3 aliphatic heterocycles. The molecular formula is C31H48N2O5SSi. The summed E-state index contributed by atoms with van der Waals surface area (Å²) in [5.74, 6) is 4.29. The number of methoxy groups -OCH3 is 1. The van der Waals surface area contributed by atoms with E-state index in [0.717, 1.165) is 84.5 Å². The number of unbranched alkanes of at least 4 members (excludes halogenated alkanes) is 1. The van der Waals surface area contributed by atoms with Gasteiger partial charge >= 0.3 is 14.5 Å². The Morgan fingerprint density at radius 1 is 1.15 bits per heavy atom. The maximum absolute atomic E-state index is 13.3. The molecule has 40 heavy (non-hydrogen) atoms. The van der Waals surface area contributed by atoms with Crippen LogP contribution in [0.1, 0.15) is 63.5 Å². The Kier molecular flexibility index (Phi) is 11.7. The van der Waals surface area contributed by atoms with Gasteiger partial charge in [0.25, 0.3) is 0 Å². The number of carbonyl (C=O) groups excluding carboxylic acids is 1. The van der Waals surface area contributed by atoms with Crippen LogP contribution in [0.4, 0.5) is 0 Å². The van der Waals surface area contributed by atoms with Gasteiger partial charge in [0, 0.05) is 44.3 Å². The first-order chi connectivity index (χ1) is 19.4. The van der Waals surface area contributed by atoms with Crippen LogP contribution in [0.25, 0.3) is 10.9 Å². The monoisotopic (exact) mass is 588 g/mol. The number of rotatable bonds is 16.